The third-order valence-corrected chi connectivity index (χ3v) is 4.16. The second-order valence-corrected chi connectivity index (χ2v) is 5.88. The number of imidazole rings is 1. The maximum atomic E-state index is 4.57. The molecular formula is C16H18N4S. The number of nitrogens with one attached hydrogen (secondary N) is 2. The summed E-state index contributed by atoms with van der Waals surface area (Å²) >= 11 is 1.56. The number of hydrogen-bond acceptors (Lipinski definition) is 4. The van der Waals surface area contributed by atoms with E-state index in [9.17, 15) is 0 Å². The third kappa shape index (κ3) is 3.25. The molecule has 3 rings (SSSR count). The van der Waals surface area contributed by atoms with Crippen molar-refractivity contribution in [2.75, 3.05) is 6.54 Å². The molecule has 0 aliphatic rings. The number of H-pyrrole nitrogens is 1. The topological polar surface area (TPSA) is 53.6 Å². The van der Waals surface area contributed by atoms with Crippen molar-refractivity contribution in [2.45, 2.75) is 30.1 Å². The number of para-hydroxylation sites is 2. The molecule has 4 nitrogen and oxygen atoms in total. The van der Waals surface area contributed by atoms with Gasteiger partial charge in [0.2, 0.25) is 0 Å². The standard InChI is InChI=1S/C16H18N4S/c1-3-17-11(2)12-8-9-18-15(10-12)21-16-19-13-6-4-5-7-14(13)20-16/h4-11,17H,3H2,1-2H3,(H,19,20). The Labute approximate surface area is 128 Å². The molecule has 1 unspecified atom stereocenters. The molecule has 0 saturated heterocycles. The van der Waals surface area contributed by atoms with E-state index >= 15 is 0 Å². The molecule has 3 aromatic rings. The SMILES string of the molecule is CCNC(C)c1ccnc(Sc2nc3ccccc3[nH]2)c1. The lowest BCUT2D eigenvalue weighted by Crippen LogP contribution is -2.17. The number of aromatic nitrogens is 3. The van der Waals surface area contributed by atoms with Crippen molar-refractivity contribution in [1.82, 2.24) is 20.3 Å². The van der Waals surface area contributed by atoms with Crippen molar-refractivity contribution in [2.24, 2.45) is 0 Å². The number of rotatable bonds is 5. The number of nitrogens with zero attached hydrogens (tertiary/aromatic N) is 2. The Morgan fingerprint density at radius 2 is 2.14 bits per heavy atom. The minimum Gasteiger partial charge on any atom is -0.333 e. The summed E-state index contributed by atoms with van der Waals surface area (Å²) in [7, 11) is 0. The highest BCUT2D eigenvalue weighted by molar-refractivity contribution is 7.99. The van der Waals surface area contributed by atoms with Crippen LogP contribution in [-0.4, -0.2) is 21.5 Å². The van der Waals surface area contributed by atoms with Gasteiger partial charge in [0, 0.05) is 12.2 Å². The lowest BCUT2D eigenvalue weighted by atomic mass is 10.1. The summed E-state index contributed by atoms with van der Waals surface area (Å²) in [6.07, 6.45) is 1.86. The summed E-state index contributed by atoms with van der Waals surface area (Å²) in [5.41, 5.74) is 3.28. The van der Waals surface area contributed by atoms with E-state index in [0.29, 0.717) is 6.04 Å². The largest absolute Gasteiger partial charge is 0.333 e. The Kier molecular flexibility index (Phi) is 4.22. The van der Waals surface area contributed by atoms with E-state index < -0.39 is 0 Å². The normalized spacial score (nSPS) is 12.7. The van der Waals surface area contributed by atoms with E-state index in [1.165, 1.54) is 5.56 Å². The Balaban J connectivity index is 1.82. The summed E-state index contributed by atoms with van der Waals surface area (Å²) in [4.78, 5) is 12.3. The molecule has 1 atom stereocenters. The van der Waals surface area contributed by atoms with E-state index in [4.69, 9.17) is 0 Å². The van der Waals surface area contributed by atoms with Crippen LogP contribution in [0.15, 0.2) is 52.8 Å². The molecule has 0 radical (unpaired) electrons. The van der Waals surface area contributed by atoms with Crippen molar-refractivity contribution in [3.63, 3.8) is 0 Å². The predicted octanol–water partition coefficient (Wildman–Crippen LogP) is 3.78. The van der Waals surface area contributed by atoms with Crippen LogP contribution >= 0.6 is 11.8 Å². The molecule has 0 aliphatic carbocycles. The average Bonchev–Trinajstić information content (AvgIpc) is 2.90. The molecule has 2 heterocycles. The van der Waals surface area contributed by atoms with Crippen LogP contribution in [0.25, 0.3) is 11.0 Å². The Morgan fingerprint density at radius 1 is 1.29 bits per heavy atom. The van der Waals surface area contributed by atoms with Gasteiger partial charge in [-0.15, -0.1) is 0 Å². The third-order valence-electron chi connectivity index (χ3n) is 3.34. The van der Waals surface area contributed by atoms with Crippen LogP contribution < -0.4 is 5.32 Å². The molecule has 0 amide bonds. The van der Waals surface area contributed by atoms with E-state index in [0.717, 1.165) is 27.8 Å². The molecular weight excluding hydrogens is 280 g/mol. The van der Waals surface area contributed by atoms with Gasteiger partial charge in [-0.05, 0) is 55.1 Å². The molecule has 5 heteroatoms. The van der Waals surface area contributed by atoms with E-state index in [1.807, 2.05) is 30.5 Å². The zero-order chi connectivity index (χ0) is 14.7. The highest BCUT2D eigenvalue weighted by Gasteiger charge is 2.08. The maximum Gasteiger partial charge on any atom is 0.172 e. The minimum absolute atomic E-state index is 0.327. The molecule has 1 aromatic carbocycles. The predicted molar refractivity (Wildman–Crippen MR) is 86.5 cm³/mol. The van der Waals surface area contributed by atoms with Gasteiger partial charge < -0.3 is 10.3 Å². The minimum atomic E-state index is 0.327. The second-order valence-electron chi connectivity index (χ2n) is 4.87. The number of pyridine rings is 1. The monoisotopic (exact) mass is 298 g/mol. The zero-order valence-electron chi connectivity index (χ0n) is 12.1. The first-order chi connectivity index (χ1) is 10.3. The number of fused-ring (bicyclic) bond motifs is 1. The smallest absolute Gasteiger partial charge is 0.172 e. The van der Waals surface area contributed by atoms with E-state index in [2.05, 4.69) is 46.2 Å². The highest BCUT2D eigenvalue weighted by atomic mass is 32.2. The summed E-state index contributed by atoms with van der Waals surface area (Å²) < 4.78 is 0. The number of benzene rings is 1. The van der Waals surface area contributed by atoms with Crippen LogP contribution in [0.1, 0.15) is 25.5 Å². The van der Waals surface area contributed by atoms with Crippen molar-refractivity contribution < 1.29 is 0 Å². The maximum absolute atomic E-state index is 4.57. The molecule has 2 N–H and O–H groups in total. The zero-order valence-corrected chi connectivity index (χ0v) is 12.9. The van der Waals surface area contributed by atoms with Gasteiger partial charge in [0.15, 0.2) is 5.16 Å². The Morgan fingerprint density at radius 3 is 2.95 bits per heavy atom. The number of hydrogen-bond donors (Lipinski definition) is 2. The fraction of sp³-hybridized carbons (Fsp3) is 0.250. The van der Waals surface area contributed by atoms with E-state index in [-0.39, 0.29) is 0 Å². The first-order valence-corrected chi connectivity index (χ1v) is 7.90. The highest BCUT2D eigenvalue weighted by Crippen LogP contribution is 2.27. The van der Waals surface area contributed by atoms with Gasteiger partial charge in [-0.3, -0.25) is 0 Å². The van der Waals surface area contributed by atoms with Crippen LogP contribution in [0, 0.1) is 0 Å². The first kappa shape index (κ1) is 14.1. The van der Waals surface area contributed by atoms with Crippen molar-refractivity contribution >= 4 is 22.8 Å². The van der Waals surface area contributed by atoms with Gasteiger partial charge in [-0.1, -0.05) is 19.1 Å². The van der Waals surface area contributed by atoms with Gasteiger partial charge in [-0.2, -0.15) is 0 Å². The van der Waals surface area contributed by atoms with Crippen LogP contribution in [0.2, 0.25) is 0 Å². The fourth-order valence-electron chi connectivity index (χ4n) is 2.25. The summed E-state index contributed by atoms with van der Waals surface area (Å²) in [6.45, 7) is 5.23. The summed E-state index contributed by atoms with van der Waals surface area (Å²) in [5.74, 6) is 0. The Bertz CT molecular complexity index is 705. The lowest BCUT2D eigenvalue weighted by Gasteiger charge is -2.12. The lowest BCUT2D eigenvalue weighted by molar-refractivity contribution is 0.596. The van der Waals surface area contributed by atoms with Crippen LogP contribution in [0.3, 0.4) is 0 Å². The Hall–Kier alpha value is -1.85. The van der Waals surface area contributed by atoms with Gasteiger partial charge in [0.05, 0.1) is 11.0 Å². The molecule has 0 aliphatic heterocycles. The molecule has 21 heavy (non-hydrogen) atoms. The van der Waals surface area contributed by atoms with Crippen molar-refractivity contribution in [1.29, 1.82) is 0 Å². The molecule has 2 aromatic heterocycles. The van der Waals surface area contributed by atoms with Gasteiger partial charge in [0.1, 0.15) is 5.03 Å². The molecule has 108 valence electrons. The molecule has 0 fully saturated rings. The second kappa shape index (κ2) is 6.28. The van der Waals surface area contributed by atoms with Gasteiger partial charge in [-0.25, -0.2) is 9.97 Å². The van der Waals surface area contributed by atoms with Crippen LogP contribution in [0.4, 0.5) is 0 Å². The molecule has 0 spiro atoms. The summed E-state index contributed by atoms with van der Waals surface area (Å²) in [6, 6.07) is 12.5. The average molecular weight is 298 g/mol. The summed E-state index contributed by atoms with van der Waals surface area (Å²) in [5, 5.41) is 5.24. The molecule has 0 bridgehead atoms. The number of aromatic amines is 1. The quantitative estimate of drug-likeness (QED) is 0.752. The first-order valence-electron chi connectivity index (χ1n) is 7.08. The van der Waals surface area contributed by atoms with Gasteiger partial charge in [0.25, 0.3) is 0 Å². The van der Waals surface area contributed by atoms with E-state index in [1.54, 1.807) is 11.8 Å². The van der Waals surface area contributed by atoms with Crippen molar-refractivity contribution in [3.8, 4) is 0 Å². The van der Waals surface area contributed by atoms with Crippen molar-refractivity contribution in [3.05, 3.63) is 48.2 Å². The fourth-order valence-corrected chi connectivity index (χ4v) is 3.06. The molecule has 0 saturated carbocycles. The van der Waals surface area contributed by atoms with Crippen LogP contribution in [0.5, 0.6) is 0 Å². The van der Waals surface area contributed by atoms with Crippen LogP contribution in [-0.2, 0) is 0 Å². The van der Waals surface area contributed by atoms with Gasteiger partial charge >= 0.3 is 0 Å².